The molecule has 0 aliphatic rings. The number of rotatable bonds is 1. The lowest BCUT2D eigenvalue weighted by Crippen LogP contribution is -2.16. The summed E-state index contributed by atoms with van der Waals surface area (Å²) in [7, 11) is 0. The molecule has 1 N–H and O–H groups in total. The molecule has 0 saturated heterocycles. The molecule has 0 saturated carbocycles. The van der Waals surface area contributed by atoms with Crippen molar-refractivity contribution >= 4 is 0 Å². The van der Waals surface area contributed by atoms with E-state index in [1.165, 1.54) is 0 Å². The molecule has 5 heavy (non-hydrogen) atoms. The highest BCUT2D eigenvalue weighted by Gasteiger charge is 1.65. The van der Waals surface area contributed by atoms with Crippen LogP contribution in [0.1, 0.15) is 6.42 Å². The molecule has 0 bridgehead atoms. The van der Waals surface area contributed by atoms with Crippen molar-refractivity contribution in [1.82, 2.24) is 0 Å². The Bertz CT molecular complexity index is 58.5. The van der Waals surface area contributed by atoms with E-state index in [0.717, 1.165) is 0 Å². The number of hydrogen-bond donors (Lipinski definition) is 1. The van der Waals surface area contributed by atoms with Gasteiger partial charge in [0.15, 0.2) is 0 Å². The van der Waals surface area contributed by atoms with Gasteiger partial charge in [-0.05, 0) is 0 Å². The van der Waals surface area contributed by atoms with E-state index in [9.17, 15) is 0 Å². The maximum Gasteiger partial charge on any atom is 0.274 e. The highest BCUT2D eigenvalue weighted by Crippen LogP contribution is 1.65. The number of nitrogens with one attached hydrogen (secondary N) is 1. The molecule has 1 nitrogen and oxygen atoms in total. The van der Waals surface area contributed by atoms with Gasteiger partial charge in [-0.1, -0.05) is 6.08 Å². The summed E-state index contributed by atoms with van der Waals surface area (Å²) < 4.78 is 0. The van der Waals surface area contributed by atoms with Gasteiger partial charge in [0.25, 0.3) is 6.07 Å². The Morgan fingerprint density at radius 1 is 2.00 bits per heavy atom. The molecule has 0 aliphatic heterocycles. The third-order valence-electron chi connectivity index (χ3n) is 0.246. The summed E-state index contributed by atoms with van der Waals surface area (Å²) in [6.07, 6.45) is 2.20. The Morgan fingerprint density at radius 2 is 2.60 bits per heavy atom. The highest BCUT2D eigenvalue weighted by atomic mass is 14.2. The summed E-state index contributed by atoms with van der Waals surface area (Å²) in [6, 6.07) is 2.15. The summed E-state index contributed by atoms with van der Waals surface area (Å²) in [5.74, 6) is 0. The Kier molecular flexibility index (Phi) is 2.73. The first-order valence-electron chi connectivity index (χ1n) is 1.42. The van der Waals surface area contributed by atoms with E-state index < -0.39 is 0 Å². The smallest absolute Gasteiger partial charge is 0.102 e. The van der Waals surface area contributed by atoms with Crippen molar-refractivity contribution in [3.8, 4) is 6.07 Å². The van der Waals surface area contributed by atoms with Crippen molar-refractivity contribution in [2.45, 2.75) is 6.42 Å². The van der Waals surface area contributed by atoms with Crippen molar-refractivity contribution in [3.05, 3.63) is 12.7 Å². The molecule has 0 aromatic heterocycles. The van der Waals surface area contributed by atoms with Gasteiger partial charge in [-0.25, -0.2) is 0 Å². The molecule has 0 aromatic carbocycles. The summed E-state index contributed by atoms with van der Waals surface area (Å²) in [6.45, 7) is 3.37. The standard InChI is InChI=1S/C4H5N/c1-2-3-4-5/h2H,1,3H2/p+1. The van der Waals surface area contributed by atoms with Crippen LogP contribution in [-0.2, 0) is 0 Å². The van der Waals surface area contributed by atoms with Crippen LogP contribution in [-0.4, -0.2) is 0 Å². The third kappa shape index (κ3) is 3.23. The minimum Gasteiger partial charge on any atom is -0.102 e. The van der Waals surface area contributed by atoms with Crippen LogP contribution in [0.15, 0.2) is 12.7 Å². The van der Waals surface area contributed by atoms with Gasteiger partial charge < -0.3 is 0 Å². The molecule has 0 aromatic rings. The van der Waals surface area contributed by atoms with E-state index in [1.54, 1.807) is 6.08 Å². The molecule has 0 radical (unpaired) electrons. The van der Waals surface area contributed by atoms with Crippen molar-refractivity contribution in [1.29, 1.82) is 0 Å². The van der Waals surface area contributed by atoms with Gasteiger partial charge in [-0.3, -0.25) is 0 Å². The summed E-state index contributed by atoms with van der Waals surface area (Å²) in [5.41, 5.74) is 0. The average molecular weight is 68.1 g/mol. The predicted molar refractivity (Wildman–Crippen MR) is 19.7 cm³/mol. The minimum absolute atomic E-state index is 0.569. The minimum atomic E-state index is 0.569. The zero-order valence-corrected chi connectivity index (χ0v) is 2.99. The van der Waals surface area contributed by atoms with Gasteiger partial charge in [0.2, 0.25) is 0 Å². The Labute approximate surface area is 31.5 Å². The fourth-order valence-electron chi connectivity index (χ4n) is 0.0722. The van der Waals surface area contributed by atoms with Crippen LogP contribution < -0.4 is 5.26 Å². The first-order chi connectivity index (χ1) is 2.41. The summed E-state index contributed by atoms with van der Waals surface area (Å²) >= 11 is 0. The molecule has 0 amide bonds. The van der Waals surface area contributed by atoms with E-state index in [0.29, 0.717) is 6.42 Å². The topological polar surface area (TPSA) is 23.8 Å². The maximum atomic E-state index is 6.28. The van der Waals surface area contributed by atoms with Gasteiger partial charge in [0, 0.05) is 0 Å². The number of hydrogen-bond acceptors (Lipinski definition) is 0. The van der Waals surface area contributed by atoms with Crippen LogP contribution in [0.2, 0.25) is 0 Å². The predicted octanol–water partition coefficient (Wildman–Crippen LogP) is -0.665. The zero-order chi connectivity index (χ0) is 4.12. The Hall–Kier alpha value is -0.770. The second-order valence-electron chi connectivity index (χ2n) is 0.670. The van der Waals surface area contributed by atoms with Gasteiger partial charge in [-0.15, -0.1) is 11.8 Å². The lowest BCUT2D eigenvalue weighted by Gasteiger charge is -1.49. The molecule has 26 valence electrons. The van der Waals surface area contributed by atoms with Crippen LogP contribution in [0, 0.1) is 6.07 Å². The zero-order valence-electron chi connectivity index (χ0n) is 2.99. The first kappa shape index (κ1) is 4.23. The van der Waals surface area contributed by atoms with Crippen molar-refractivity contribution < 1.29 is 5.26 Å². The molecular weight excluding hydrogens is 62.1 g/mol. The highest BCUT2D eigenvalue weighted by molar-refractivity contribution is 4.80. The first-order valence-corrected chi connectivity index (χ1v) is 1.42. The van der Waals surface area contributed by atoms with E-state index in [1.807, 2.05) is 0 Å². The number of allylic oxidation sites excluding steroid dienone is 1. The van der Waals surface area contributed by atoms with Crippen molar-refractivity contribution in [3.63, 3.8) is 0 Å². The SMILES string of the molecule is C=CCC#[NH+]. The van der Waals surface area contributed by atoms with E-state index in [2.05, 4.69) is 12.6 Å². The second-order valence-corrected chi connectivity index (χ2v) is 0.670. The Morgan fingerprint density at radius 3 is 2.60 bits per heavy atom. The molecule has 0 spiro atoms. The molecule has 0 fully saturated rings. The largest absolute Gasteiger partial charge is 0.274 e. The van der Waals surface area contributed by atoms with Crippen LogP contribution in [0.4, 0.5) is 0 Å². The quantitative estimate of drug-likeness (QED) is 0.394. The van der Waals surface area contributed by atoms with Gasteiger partial charge in [0.05, 0.1) is 6.42 Å². The van der Waals surface area contributed by atoms with Gasteiger partial charge in [-0.2, -0.15) is 0 Å². The van der Waals surface area contributed by atoms with Crippen molar-refractivity contribution in [2.24, 2.45) is 0 Å². The molecule has 0 heterocycles. The van der Waals surface area contributed by atoms with Crippen LogP contribution in [0.5, 0.6) is 0 Å². The molecular formula is C4H6N+. The lowest BCUT2D eigenvalue weighted by molar-refractivity contribution is -0.0938. The monoisotopic (exact) mass is 68.0 g/mol. The molecule has 0 atom stereocenters. The molecule has 0 unspecified atom stereocenters. The van der Waals surface area contributed by atoms with Crippen LogP contribution in [0.3, 0.4) is 0 Å². The third-order valence-corrected chi connectivity index (χ3v) is 0.246. The molecule has 0 rings (SSSR count). The fraction of sp³-hybridized carbons (Fsp3) is 0.250. The van der Waals surface area contributed by atoms with Crippen LogP contribution >= 0.6 is 0 Å². The summed E-state index contributed by atoms with van der Waals surface area (Å²) in [5, 5.41) is 6.28. The maximum absolute atomic E-state index is 6.28. The lowest BCUT2D eigenvalue weighted by atomic mass is 10.5. The average Bonchev–Trinajstić information content (AvgIpc) is 1.41. The second kappa shape index (κ2) is 3.23. The Balaban J connectivity index is 2.75. The van der Waals surface area contributed by atoms with Gasteiger partial charge >= 0.3 is 0 Å². The van der Waals surface area contributed by atoms with E-state index in [-0.39, 0.29) is 0 Å². The van der Waals surface area contributed by atoms with E-state index in [4.69, 9.17) is 5.26 Å². The van der Waals surface area contributed by atoms with Gasteiger partial charge in [0.1, 0.15) is 0 Å². The molecule has 1 heteroatoms. The molecule has 0 aliphatic carbocycles. The summed E-state index contributed by atoms with van der Waals surface area (Å²) in [4.78, 5) is 0. The fourth-order valence-corrected chi connectivity index (χ4v) is 0.0722. The van der Waals surface area contributed by atoms with Crippen molar-refractivity contribution in [2.75, 3.05) is 0 Å². The van der Waals surface area contributed by atoms with Crippen LogP contribution in [0.25, 0.3) is 0 Å². The van der Waals surface area contributed by atoms with E-state index >= 15 is 0 Å². The normalized spacial score (nSPS) is 5.40.